The van der Waals surface area contributed by atoms with Gasteiger partial charge in [-0.05, 0) is 36.4 Å². The maximum absolute atomic E-state index is 14.2. The van der Waals surface area contributed by atoms with Gasteiger partial charge < -0.3 is 10.4 Å². The topological polar surface area (TPSA) is 113 Å². The number of sulfonamides is 1. The Kier molecular flexibility index (Phi) is 5.79. The number of nitrogens with one attached hydrogen (secondary N) is 2. The summed E-state index contributed by atoms with van der Waals surface area (Å²) >= 11 is 0. The van der Waals surface area contributed by atoms with E-state index in [4.69, 9.17) is 5.11 Å². The number of aromatic carboxylic acids is 1. The third kappa shape index (κ3) is 4.61. The number of carbonyl (C=O) groups is 2. The molecule has 0 aliphatic rings. The van der Waals surface area contributed by atoms with Gasteiger partial charge in [-0.3, -0.25) is 9.52 Å². The Morgan fingerprint density at radius 3 is 2.17 bits per heavy atom. The number of para-hydroxylation sites is 1. The SMILES string of the molecule is O=C(O)c1cccc(NS(=O)(=O)c2cc(C(=O)Nc3ccccc3)c(F)cc2F)c1. The second-order valence-corrected chi connectivity index (χ2v) is 7.72. The Balaban J connectivity index is 1.95. The Morgan fingerprint density at radius 1 is 0.833 bits per heavy atom. The number of halogens is 2. The fraction of sp³-hybridized carbons (Fsp3) is 0. The second-order valence-electron chi connectivity index (χ2n) is 6.07. The molecule has 154 valence electrons. The minimum atomic E-state index is -4.60. The summed E-state index contributed by atoms with van der Waals surface area (Å²) in [6.07, 6.45) is 0. The quantitative estimate of drug-likeness (QED) is 0.550. The van der Waals surface area contributed by atoms with Gasteiger partial charge in [0.15, 0.2) is 0 Å². The van der Waals surface area contributed by atoms with E-state index in [0.29, 0.717) is 17.8 Å². The number of anilines is 2. The molecule has 30 heavy (non-hydrogen) atoms. The predicted molar refractivity (Wildman–Crippen MR) is 105 cm³/mol. The highest BCUT2D eigenvalue weighted by atomic mass is 32.2. The molecule has 0 spiro atoms. The molecule has 0 atom stereocenters. The van der Waals surface area contributed by atoms with Gasteiger partial charge in [-0.1, -0.05) is 24.3 Å². The van der Waals surface area contributed by atoms with Gasteiger partial charge in [-0.15, -0.1) is 0 Å². The summed E-state index contributed by atoms with van der Waals surface area (Å²) in [4.78, 5) is 22.4. The summed E-state index contributed by atoms with van der Waals surface area (Å²) in [5.41, 5.74) is -0.689. The van der Waals surface area contributed by atoms with E-state index in [1.807, 2.05) is 4.72 Å². The van der Waals surface area contributed by atoms with E-state index in [1.165, 1.54) is 30.3 Å². The Morgan fingerprint density at radius 2 is 1.50 bits per heavy atom. The summed E-state index contributed by atoms with van der Waals surface area (Å²) in [6, 6.07) is 13.7. The van der Waals surface area contributed by atoms with E-state index in [0.717, 1.165) is 6.07 Å². The second kappa shape index (κ2) is 8.29. The van der Waals surface area contributed by atoms with Gasteiger partial charge in [0.1, 0.15) is 16.5 Å². The maximum atomic E-state index is 14.2. The Labute approximate surface area is 170 Å². The van der Waals surface area contributed by atoms with Crippen LogP contribution in [0.4, 0.5) is 20.2 Å². The van der Waals surface area contributed by atoms with Crippen LogP contribution in [0, 0.1) is 11.6 Å². The lowest BCUT2D eigenvalue weighted by Gasteiger charge is -2.12. The molecular weight excluding hydrogens is 418 g/mol. The summed E-state index contributed by atoms with van der Waals surface area (Å²) in [5, 5.41) is 11.4. The van der Waals surface area contributed by atoms with Crippen molar-refractivity contribution in [1.29, 1.82) is 0 Å². The van der Waals surface area contributed by atoms with Gasteiger partial charge in [-0.25, -0.2) is 22.0 Å². The molecule has 0 bridgehead atoms. The van der Waals surface area contributed by atoms with Gasteiger partial charge in [-0.2, -0.15) is 0 Å². The monoisotopic (exact) mass is 432 g/mol. The number of benzene rings is 3. The molecule has 3 aromatic rings. The maximum Gasteiger partial charge on any atom is 0.335 e. The van der Waals surface area contributed by atoms with Crippen LogP contribution in [-0.2, 0) is 10.0 Å². The largest absolute Gasteiger partial charge is 0.478 e. The molecule has 0 fully saturated rings. The van der Waals surface area contributed by atoms with Crippen LogP contribution in [-0.4, -0.2) is 25.4 Å². The molecule has 1 amide bonds. The predicted octanol–water partition coefficient (Wildman–Crippen LogP) is 3.72. The van der Waals surface area contributed by atoms with Crippen molar-refractivity contribution >= 4 is 33.3 Å². The van der Waals surface area contributed by atoms with Crippen LogP contribution in [0.15, 0.2) is 71.6 Å². The lowest BCUT2D eigenvalue weighted by atomic mass is 10.2. The fourth-order valence-corrected chi connectivity index (χ4v) is 3.69. The number of carbonyl (C=O) groups excluding carboxylic acids is 1. The Hall–Kier alpha value is -3.79. The summed E-state index contributed by atoms with van der Waals surface area (Å²) in [5.74, 6) is -4.91. The zero-order chi connectivity index (χ0) is 21.9. The van der Waals surface area contributed by atoms with E-state index >= 15 is 0 Å². The zero-order valence-corrected chi connectivity index (χ0v) is 15.9. The first kappa shape index (κ1) is 20.9. The van der Waals surface area contributed by atoms with Gasteiger partial charge in [0, 0.05) is 17.4 Å². The van der Waals surface area contributed by atoms with E-state index in [9.17, 15) is 26.8 Å². The minimum absolute atomic E-state index is 0.145. The number of hydrogen-bond donors (Lipinski definition) is 3. The van der Waals surface area contributed by atoms with Crippen LogP contribution in [0.2, 0.25) is 0 Å². The molecule has 3 rings (SSSR count). The number of hydrogen-bond acceptors (Lipinski definition) is 4. The summed E-state index contributed by atoms with van der Waals surface area (Å²) < 4.78 is 55.6. The van der Waals surface area contributed by atoms with Gasteiger partial charge in [0.2, 0.25) is 0 Å². The van der Waals surface area contributed by atoms with E-state index < -0.39 is 44.0 Å². The van der Waals surface area contributed by atoms with Crippen LogP contribution in [0.5, 0.6) is 0 Å². The van der Waals surface area contributed by atoms with Gasteiger partial charge in [0.25, 0.3) is 15.9 Å². The van der Waals surface area contributed by atoms with Crippen molar-refractivity contribution in [3.05, 3.63) is 89.5 Å². The van der Waals surface area contributed by atoms with Crippen molar-refractivity contribution < 1.29 is 31.9 Å². The van der Waals surface area contributed by atoms with Crippen LogP contribution >= 0.6 is 0 Å². The van der Waals surface area contributed by atoms with Crippen molar-refractivity contribution in [3.63, 3.8) is 0 Å². The molecule has 0 saturated heterocycles. The van der Waals surface area contributed by atoms with Crippen molar-refractivity contribution in [1.82, 2.24) is 0 Å². The molecule has 0 heterocycles. The van der Waals surface area contributed by atoms with Crippen molar-refractivity contribution in [3.8, 4) is 0 Å². The van der Waals surface area contributed by atoms with E-state index in [2.05, 4.69) is 5.32 Å². The first-order valence-electron chi connectivity index (χ1n) is 8.39. The molecule has 0 aliphatic heterocycles. The summed E-state index contributed by atoms with van der Waals surface area (Å²) in [6.45, 7) is 0. The highest BCUT2D eigenvalue weighted by molar-refractivity contribution is 7.92. The summed E-state index contributed by atoms with van der Waals surface area (Å²) in [7, 11) is -4.60. The lowest BCUT2D eigenvalue weighted by molar-refractivity contribution is 0.0696. The van der Waals surface area contributed by atoms with Crippen LogP contribution < -0.4 is 10.0 Å². The molecule has 0 aromatic heterocycles. The molecule has 0 saturated carbocycles. The number of rotatable bonds is 6. The van der Waals surface area contributed by atoms with Gasteiger partial charge in [0.05, 0.1) is 11.1 Å². The molecule has 3 N–H and O–H groups in total. The number of carboxylic acids is 1. The lowest BCUT2D eigenvalue weighted by Crippen LogP contribution is -2.19. The average Bonchev–Trinajstić information content (AvgIpc) is 2.68. The first-order valence-corrected chi connectivity index (χ1v) is 9.87. The van der Waals surface area contributed by atoms with Crippen LogP contribution in [0.25, 0.3) is 0 Å². The Bertz CT molecular complexity index is 1230. The third-order valence-electron chi connectivity index (χ3n) is 3.95. The molecule has 0 radical (unpaired) electrons. The van der Waals surface area contributed by atoms with E-state index in [1.54, 1.807) is 18.2 Å². The number of carboxylic acid groups (broad SMARTS) is 1. The zero-order valence-electron chi connectivity index (χ0n) is 15.1. The number of amides is 1. The van der Waals surface area contributed by atoms with Gasteiger partial charge >= 0.3 is 5.97 Å². The molecule has 0 unspecified atom stereocenters. The average molecular weight is 432 g/mol. The fourth-order valence-electron chi connectivity index (χ4n) is 2.55. The molecule has 10 heteroatoms. The van der Waals surface area contributed by atoms with Crippen LogP contribution in [0.3, 0.4) is 0 Å². The smallest absolute Gasteiger partial charge is 0.335 e. The van der Waals surface area contributed by atoms with Crippen molar-refractivity contribution in [2.45, 2.75) is 4.90 Å². The highest BCUT2D eigenvalue weighted by Gasteiger charge is 2.25. The van der Waals surface area contributed by atoms with Crippen molar-refractivity contribution in [2.75, 3.05) is 10.0 Å². The third-order valence-corrected chi connectivity index (χ3v) is 5.35. The standard InChI is InChI=1S/C20H14F2N2O5S/c21-16-11-17(22)18(10-15(16)19(25)23-13-6-2-1-3-7-13)30(28,29)24-14-8-4-5-12(9-14)20(26)27/h1-11,24H,(H,23,25)(H,26,27). The first-order chi connectivity index (χ1) is 14.2. The van der Waals surface area contributed by atoms with E-state index in [-0.39, 0.29) is 11.3 Å². The molecule has 3 aromatic carbocycles. The normalized spacial score (nSPS) is 11.0. The molecule has 0 aliphatic carbocycles. The minimum Gasteiger partial charge on any atom is -0.478 e. The highest BCUT2D eigenvalue weighted by Crippen LogP contribution is 2.23. The van der Waals surface area contributed by atoms with Crippen LogP contribution in [0.1, 0.15) is 20.7 Å². The molecular formula is C20H14F2N2O5S. The van der Waals surface area contributed by atoms with Crippen molar-refractivity contribution in [2.24, 2.45) is 0 Å². The molecule has 7 nitrogen and oxygen atoms in total.